The topological polar surface area (TPSA) is 51.7 Å². The normalized spacial score (nSPS) is 17.2. The largest absolute Gasteiger partial charge is 0.493 e. The predicted octanol–water partition coefficient (Wildman–Crippen LogP) is 3.57. The van der Waals surface area contributed by atoms with Gasteiger partial charge in [0.2, 0.25) is 0 Å². The number of nitrogens with zero attached hydrogens (tertiary/aromatic N) is 2. The van der Waals surface area contributed by atoms with E-state index >= 15 is 0 Å². The van der Waals surface area contributed by atoms with Crippen LogP contribution < -0.4 is 14.4 Å². The minimum atomic E-state index is -0.0671. The van der Waals surface area contributed by atoms with Gasteiger partial charge in [-0.15, -0.1) is 0 Å². The molecule has 0 N–H and O–H groups in total. The first-order chi connectivity index (χ1) is 11.8. The van der Waals surface area contributed by atoms with Gasteiger partial charge >= 0.3 is 0 Å². The number of amides is 1. The first-order valence-corrected chi connectivity index (χ1v) is 8.36. The van der Waals surface area contributed by atoms with E-state index in [1.807, 2.05) is 30.3 Å². The highest BCUT2D eigenvalue weighted by Crippen LogP contribution is 2.37. The molecule has 2 aliphatic rings. The van der Waals surface area contributed by atoms with E-state index in [0.717, 1.165) is 24.1 Å². The van der Waals surface area contributed by atoms with Crippen molar-refractivity contribution in [2.24, 2.45) is 0 Å². The molecular weight excluding hydrogens is 304 g/mol. The molecule has 1 saturated carbocycles. The standard InChI is InChI=1S/C19H20N2O3/c1-23-16-9-8-14(11-17(16)24-15-6-2-3-7-15)21-12-13-5-4-10-20-18(13)19(21)22/h4-5,8-11,15H,2-3,6-7,12H2,1H3. The maximum atomic E-state index is 12.6. The third-order valence-electron chi connectivity index (χ3n) is 4.72. The molecule has 0 radical (unpaired) electrons. The van der Waals surface area contributed by atoms with Crippen LogP contribution in [0.5, 0.6) is 11.5 Å². The monoisotopic (exact) mass is 324 g/mol. The van der Waals surface area contributed by atoms with Crippen molar-refractivity contribution in [2.75, 3.05) is 12.0 Å². The van der Waals surface area contributed by atoms with Crippen molar-refractivity contribution >= 4 is 11.6 Å². The minimum absolute atomic E-state index is 0.0671. The second-order valence-corrected chi connectivity index (χ2v) is 6.26. The highest BCUT2D eigenvalue weighted by Gasteiger charge is 2.30. The second-order valence-electron chi connectivity index (χ2n) is 6.26. The number of pyridine rings is 1. The quantitative estimate of drug-likeness (QED) is 0.863. The fourth-order valence-electron chi connectivity index (χ4n) is 3.45. The number of benzene rings is 1. The number of hydrogen-bond donors (Lipinski definition) is 0. The van der Waals surface area contributed by atoms with Crippen LogP contribution in [-0.2, 0) is 6.54 Å². The average Bonchev–Trinajstić information content (AvgIpc) is 3.23. The SMILES string of the molecule is COc1ccc(N2Cc3cccnc3C2=O)cc1OC1CCCC1. The molecule has 1 amide bonds. The van der Waals surface area contributed by atoms with Gasteiger partial charge in [-0.05, 0) is 43.9 Å². The molecule has 0 spiro atoms. The molecule has 1 aromatic carbocycles. The van der Waals surface area contributed by atoms with E-state index in [9.17, 15) is 4.79 Å². The van der Waals surface area contributed by atoms with Gasteiger partial charge in [0.1, 0.15) is 5.69 Å². The van der Waals surface area contributed by atoms with Crippen molar-refractivity contribution in [3.63, 3.8) is 0 Å². The van der Waals surface area contributed by atoms with Gasteiger partial charge in [0, 0.05) is 23.5 Å². The number of carbonyl (C=O) groups is 1. The van der Waals surface area contributed by atoms with Crippen molar-refractivity contribution in [1.82, 2.24) is 4.98 Å². The van der Waals surface area contributed by atoms with E-state index in [2.05, 4.69) is 4.98 Å². The van der Waals surface area contributed by atoms with Gasteiger partial charge in [0.15, 0.2) is 11.5 Å². The van der Waals surface area contributed by atoms with Crippen LogP contribution in [0, 0.1) is 0 Å². The van der Waals surface area contributed by atoms with E-state index in [4.69, 9.17) is 9.47 Å². The molecule has 0 saturated heterocycles. The van der Waals surface area contributed by atoms with Crippen LogP contribution in [0.4, 0.5) is 5.69 Å². The molecule has 1 aliphatic carbocycles. The Balaban J connectivity index is 1.63. The van der Waals surface area contributed by atoms with Crippen LogP contribution in [0.2, 0.25) is 0 Å². The molecule has 2 heterocycles. The molecule has 2 aromatic rings. The maximum absolute atomic E-state index is 12.6. The lowest BCUT2D eigenvalue weighted by atomic mass is 10.2. The van der Waals surface area contributed by atoms with E-state index in [1.54, 1.807) is 18.2 Å². The summed E-state index contributed by atoms with van der Waals surface area (Å²) in [6.45, 7) is 0.539. The molecule has 1 aliphatic heterocycles. The van der Waals surface area contributed by atoms with Crippen molar-refractivity contribution in [1.29, 1.82) is 0 Å². The lowest BCUT2D eigenvalue weighted by molar-refractivity contribution is 0.0992. The lowest BCUT2D eigenvalue weighted by Gasteiger charge is -2.20. The molecule has 0 unspecified atom stereocenters. The molecule has 1 fully saturated rings. The number of methoxy groups -OCH3 is 1. The predicted molar refractivity (Wildman–Crippen MR) is 90.6 cm³/mol. The number of rotatable bonds is 4. The molecule has 5 nitrogen and oxygen atoms in total. The number of aromatic nitrogens is 1. The summed E-state index contributed by atoms with van der Waals surface area (Å²) < 4.78 is 11.6. The summed E-state index contributed by atoms with van der Waals surface area (Å²) >= 11 is 0. The van der Waals surface area contributed by atoms with E-state index in [1.165, 1.54) is 12.8 Å². The summed E-state index contributed by atoms with van der Waals surface area (Å²) in [5.41, 5.74) is 2.30. The zero-order valence-corrected chi connectivity index (χ0v) is 13.7. The Kier molecular flexibility index (Phi) is 3.84. The summed E-state index contributed by atoms with van der Waals surface area (Å²) in [4.78, 5) is 18.5. The third kappa shape index (κ3) is 2.60. The van der Waals surface area contributed by atoms with E-state index in [0.29, 0.717) is 23.7 Å². The Morgan fingerprint density at radius 1 is 1.17 bits per heavy atom. The van der Waals surface area contributed by atoms with Crippen LogP contribution in [0.3, 0.4) is 0 Å². The number of hydrogen-bond acceptors (Lipinski definition) is 4. The van der Waals surface area contributed by atoms with Crippen LogP contribution >= 0.6 is 0 Å². The fourth-order valence-corrected chi connectivity index (χ4v) is 3.45. The summed E-state index contributed by atoms with van der Waals surface area (Å²) in [5, 5.41) is 0. The summed E-state index contributed by atoms with van der Waals surface area (Å²) in [7, 11) is 1.64. The zero-order chi connectivity index (χ0) is 16.5. The minimum Gasteiger partial charge on any atom is -0.493 e. The van der Waals surface area contributed by atoms with Crippen LogP contribution in [0.25, 0.3) is 0 Å². The maximum Gasteiger partial charge on any atom is 0.277 e. The molecule has 0 bridgehead atoms. The van der Waals surface area contributed by atoms with Crippen molar-refractivity contribution < 1.29 is 14.3 Å². The van der Waals surface area contributed by atoms with Crippen molar-refractivity contribution in [3.05, 3.63) is 47.8 Å². The van der Waals surface area contributed by atoms with Gasteiger partial charge in [-0.3, -0.25) is 9.78 Å². The van der Waals surface area contributed by atoms with Gasteiger partial charge in [-0.25, -0.2) is 0 Å². The third-order valence-corrected chi connectivity index (χ3v) is 4.72. The molecule has 0 atom stereocenters. The van der Waals surface area contributed by atoms with Gasteiger partial charge in [0.25, 0.3) is 5.91 Å². The van der Waals surface area contributed by atoms with E-state index < -0.39 is 0 Å². The van der Waals surface area contributed by atoms with Gasteiger partial charge in [-0.1, -0.05) is 6.07 Å². The second kappa shape index (κ2) is 6.15. The summed E-state index contributed by atoms with van der Waals surface area (Å²) in [5.74, 6) is 1.34. The lowest BCUT2D eigenvalue weighted by Crippen LogP contribution is -2.23. The number of carbonyl (C=O) groups excluding carboxylic acids is 1. The van der Waals surface area contributed by atoms with Gasteiger partial charge in [-0.2, -0.15) is 0 Å². The van der Waals surface area contributed by atoms with Gasteiger partial charge in [0.05, 0.1) is 19.8 Å². The van der Waals surface area contributed by atoms with Crippen LogP contribution in [0.1, 0.15) is 41.7 Å². The first-order valence-electron chi connectivity index (χ1n) is 8.36. The van der Waals surface area contributed by atoms with Crippen molar-refractivity contribution in [2.45, 2.75) is 38.3 Å². The van der Waals surface area contributed by atoms with E-state index in [-0.39, 0.29) is 12.0 Å². The molecule has 124 valence electrons. The van der Waals surface area contributed by atoms with Crippen LogP contribution in [0.15, 0.2) is 36.5 Å². The Morgan fingerprint density at radius 3 is 2.75 bits per heavy atom. The average molecular weight is 324 g/mol. The van der Waals surface area contributed by atoms with Crippen LogP contribution in [-0.4, -0.2) is 24.1 Å². The molecule has 4 rings (SSSR count). The number of anilines is 1. The smallest absolute Gasteiger partial charge is 0.277 e. The van der Waals surface area contributed by atoms with Gasteiger partial charge < -0.3 is 14.4 Å². The Labute approximate surface area is 141 Å². The molecule has 5 heteroatoms. The molecule has 24 heavy (non-hydrogen) atoms. The van der Waals surface area contributed by atoms with Crippen molar-refractivity contribution in [3.8, 4) is 11.5 Å². The first kappa shape index (κ1) is 15.0. The number of fused-ring (bicyclic) bond motifs is 1. The highest BCUT2D eigenvalue weighted by atomic mass is 16.5. The Hall–Kier alpha value is -2.56. The highest BCUT2D eigenvalue weighted by molar-refractivity contribution is 6.08. The fraction of sp³-hybridized carbons (Fsp3) is 0.368. The Morgan fingerprint density at radius 2 is 2.00 bits per heavy atom. The molecular formula is C19H20N2O3. The summed E-state index contributed by atoms with van der Waals surface area (Å²) in [6.07, 6.45) is 6.46. The molecule has 1 aromatic heterocycles. The zero-order valence-electron chi connectivity index (χ0n) is 13.7. The summed E-state index contributed by atoms with van der Waals surface area (Å²) in [6, 6.07) is 9.46. The Bertz CT molecular complexity index is 769. The number of ether oxygens (including phenoxy) is 2.